The van der Waals surface area contributed by atoms with Gasteiger partial charge in [0, 0.05) is 10.6 Å². The lowest BCUT2D eigenvalue weighted by Crippen LogP contribution is -1.90. The molecule has 0 amide bonds. The van der Waals surface area contributed by atoms with Crippen molar-refractivity contribution in [3.8, 4) is 11.3 Å². The molecule has 7 heteroatoms. The highest BCUT2D eigenvalue weighted by atomic mass is 35.5. The molecule has 0 aliphatic carbocycles. The summed E-state index contributed by atoms with van der Waals surface area (Å²) >= 11 is 5.68. The summed E-state index contributed by atoms with van der Waals surface area (Å²) in [6.45, 7) is 0. The predicted molar refractivity (Wildman–Crippen MR) is 51.4 cm³/mol. The Morgan fingerprint density at radius 3 is 2.53 bits per heavy atom. The van der Waals surface area contributed by atoms with E-state index in [1.54, 1.807) is 24.3 Å². The fraction of sp³-hybridized carbons (Fsp3) is 0. The molecule has 0 fully saturated rings. The molecule has 0 aliphatic rings. The van der Waals surface area contributed by atoms with Crippen molar-refractivity contribution in [1.82, 2.24) is 10.3 Å². The number of halogens is 1. The molecule has 6 nitrogen and oxygen atoms in total. The second-order valence-electron chi connectivity index (χ2n) is 2.70. The van der Waals surface area contributed by atoms with Gasteiger partial charge < -0.3 is 10.1 Å². The standard InChI is InChI=1S/C8H4ClN3O3/c9-6-3-1-5(2-4-6)7-8(12(13)14)11-15-10-7/h1-4H. The molecule has 0 aliphatic heterocycles. The van der Waals surface area contributed by atoms with Gasteiger partial charge in [-0.05, 0) is 22.2 Å². The molecular formula is C8H4ClN3O3. The summed E-state index contributed by atoms with van der Waals surface area (Å²) in [5, 5.41) is 17.7. The van der Waals surface area contributed by atoms with E-state index in [2.05, 4.69) is 14.9 Å². The summed E-state index contributed by atoms with van der Waals surface area (Å²) in [6.07, 6.45) is 0. The van der Waals surface area contributed by atoms with Gasteiger partial charge in [0.2, 0.25) is 5.69 Å². The summed E-state index contributed by atoms with van der Waals surface area (Å²) in [5.74, 6) is -0.405. The Hall–Kier alpha value is -1.95. The predicted octanol–water partition coefficient (Wildman–Crippen LogP) is 2.30. The van der Waals surface area contributed by atoms with E-state index in [9.17, 15) is 10.1 Å². The van der Waals surface area contributed by atoms with E-state index in [1.165, 1.54) is 0 Å². The maximum Gasteiger partial charge on any atom is 0.442 e. The maximum atomic E-state index is 10.5. The Morgan fingerprint density at radius 2 is 1.93 bits per heavy atom. The van der Waals surface area contributed by atoms with Crippen molar-refractivity contribution < 1.29 is 9.55 Å². The molecule has 0 radical (unpaired) electrons. The van der Waals surface area contributed by atoms with Crippen LogP contribution in [0.5, 0.6) is 0 Å². The molecule has 0 saturated heterocycles. The van der Waals surface area contributed by atoms with E-state index in [1.807, 2.05) is 0 Å². The highest BCUT2D eigenvalue weighted by molar-refractivity contribution is 6.30. The van der Waals surface area contributed by atoms with Gasteiger partial charge in [0.1, 0.15) is 0 Å². The number of nitrogens with zero attached hydrogens (tertiary/aromatic N) is 3. The van der Waals surface area contributed by atoms with Gasteiger partial charge in [-0.25, -0.2) is 0 Å². The minimum Gasteiger partial charge on any atom is -0.358 e. The SMILES string of the molecule is O=[N+]([O-])c1nonc1-c1ccc(Cl)cc1. The van der Waals surface area contributed by atoms with Crippen LogP contribution >= 0.6 is 11.6 Å². The Bertz CT molecular complexity index is 494. The molecule has 0 bridgehead atoms. The van der Waals surface area contributed by atoms with E-state index < -0.39 is 10.7 Å². The van der Waals surface area contributed by atoms with Crippen LogP contribution in [0.3, 0.4) is 0 Å². The van der Waals surface area contributed by atoms with Crippen molar-refractivity contribution in [3.63, 3.8) is 0 Å². The second kappa shape index (κ2) is 3.66. The molecule has 1 heterocycles. The van der Waals surface area contributed by atoms with Crippen molar-refractivity contribution in [1.29, 1.82) is 0 Å². The highest BCUT2D eigenvalue weighted by Gasteiger charge is 2.23. The lowest BCUT2D eigenvalue weighted by atomic mass is 10.1. The average Bonchev–Trinajstić information content (AvgIpc) is 2.67. The van der Waals surface area contributed by atoms with Crippen LogP contribution in [0.25, 0.3) is 11.3 Å². The molecular weight excluding hydrogens is 222 g/mol. The Kier molecular flexibility index (Phi) is 2.34. The van der Waals surface area contributed by atoms with Crippen LogP contribution in [0.2, 0.25) is 5.02 Å². The third-order valence-electron chi connectivity index (χ3n) is 1.76. The third kappa shape index (κ3) is 1.79. The molecule has 1 aromatic carbocycles. The topological polar surface area (TPSA) is 82.1 Å². The van der Waals surface area contributed by atoms with Gasteiger partial charge in [-0.15, -0.1) is 4.63 Å². The van der Waals surface area contributed by atoms with E-state index in [0.717, 1.165) is 0 Å². The minimum atomic E-state index is -0.652. The number of hydrogen-bond acceptors (Lipinski definition) is 5. The fourth-order valence-corrected chi connectivity index (χ4v) is 1.22. The first-order valence-electron chi connectivity index (χ1n) is 3.91. The van der Waals surface area contributed by atoms with Crippen molar-refractivity contribution in [2.45, 2.75) is 0 Å². The number of hydrogen-bond donors (Lipinski definition) is 0. The molecule has 15 heavy (non-hydrogen) atoms. The van der Waals surface area contributed by atoms with E-state index >= 15 is 0 Å². The number of rotatable bonds is 2. The lowest BCUT2D eigenvalue weighted by molar-refractivity contribution is -0.390. The highest BCUT2D eigenvalue weighted by Crippen LogP contribution is 2.26. The molecule has 1 aromatic heterocycles. The van der Waals surface area contributed by atoms with Gasteiger partial charge in [0.05, 0.1) is 0 Å². The summed E-state index contributed by atoms with van der Waals surface area (Å²) in [7, 11) is 0. The molecule has 0 saturated carbocycles. The largest absolute Gasteiger partial charge is 0.442 e. The van der Waals surface area contributed by atoms with E-state index in [-0.39, 0.29) is 5.69 Å². The molecule has 0 N–H and O–H groups in total. The third-order valence-corrected chi connectivity index (χ3v) is 2.01. The zero-order valence-corrected chi connectivity index (χ0v) is 8.01. The molecule has 2 rings (SSSR count). The summed E-state index contributed by atoms with van der Waals surface area (Å²) < 4.78 is 4.32. The maximum absolute atomic E-state index is 10.5. The van der Waals surface area contributed by atoms with Crippen LogP contribution in [0.4, 0.5) is 5.82 Å². The zero-order chi connectivity index (χ0) is 10.8. The minimum absolute atomic E-state index is 0.0941. The smallest absolute Gasteiger partial charge is 0.358 e. The molecule has 0 atom stereocenters. The van der Waals surface area contributed by atoms with Crippen LogP contribution in [-0.2, 0) is 0 Å². The first kappa shape index (κ1) is 9.60. The number of benzene rings is 1. The van der Waals surface area contributed by atoms with Gasteiger partial charge in [-0.2, -0.15) is 0 Å². The molecule has 0 spiro atoms. The van der Waals surface area contributed by atoms with Gasteiger partial charge in [0.15, 0.2) is 5.16 Å². The van der Waals surface area contributed by atoms with Crippen molar-refractivity contribution >= 4 is 17.4 Å². The van der Waals surface area contributed by atoms with Crippen molar-refractivity contribution in [3.05, 3.63) is 39.4 Å². The second-order valence-corrected chi connectivity index (χ2v) is 3.14. The zero-order valence-electron chi connectivity index (χ0n) is 7.25. The van der Waals surface area contributed by atoms with Gasteiger partial charge in [0.25, 0.3) is 0 Å². The van der Waals surface area contributed by atoms with Crippen LogP contribution in [-0.4, -0.2) is 15.2 Å². The van der Waals surface area contributed by atoms with Crippen LogP contribution in [0, 0.1) is 10.1 Å². The van der Waals surface area contributed by atoms with Gasteiger partial charge >= 0.3 is 5.82 Å². The molecule has 0 unspecified atom stereocenters. The van der Waals surface area contributed by atoms with Crippen molar-refractivity contribution in [2.75, 3.05) is 0 Å². The lowest BCUT2D eigenvalue weighted by Gasteiger charge is -1.94. The van der Waals surface area contributed by atoms with Gasteiger partial charge in [-0.3, -0.25) is 0 Å². The number of nitro groups is 1. The van der Waals surface area contributed by atoms with Crippen molar-refractivity contribution in [2.24, 2.45) is 0 Å². The first-order chi connectivity index (χ1) is 7.18. The van der Waals surface area contributed by atoms with Gasteiger partial charge in [-0.1, -0.05) is 23.7 Å². The van der Waals surface area contributed by atoms with Crippen LogP contribution in [0.1, 0.15) is 0 Å². The average molecular weight is 226 g/mol. The van der Waals surface area contributed by atoms with Crippen LogP contribution < -0.4 is 0 Å². The normalized spacial score (nSPS) is 10.2. The summed E-state index contributed by atoms with van der Waals surface area (Å²) in [4.78, 5) is 9.89. The van der Waals surface area contributed by atoms with Crippen LogP contribution in [0.15, 0.2) is 28.9 Å². The fourth-order valence-electron chi connectivity index (χ4n) is 1.09. The Labute approximate surface area is 88.6 Å². The summed E-state index contributed by atoms with van der Waals surface area (Å²) in [6, 6.07) is 6.42. The summed E-state index contributed by atoms with van der Waals surface area (Å²) in [5.41, 5.74) is 0.629. The van der Waals surface area contributed by atoms with E-state index in [0.29, 0.717) is 10.6 Å². The van der Waals surface area contributed by atoms with E-state index in [4.69, 9.17) is 11.6 Å². The quantitative estimate of drug-likeness (QED) is 0.578. The Balaban J connectivity index is 2.49. The first-order valence-corrected chi connectivity index (χ1v) is 4.29. The molecule has 2 aromatic rings. The number of aromatic nitrogens is 2. The monoisotopic (exact) mass is 225 g/mol. The molecule has 76 valence electrons. The Morgan fingerprint density at radius 1 is 1.27 bits per heavy atom.